The first kappa shape index (κ1) is 16.6. The number of hydrogen-bond acceptors (Lipinski definition) is 5. The van der Waals surface area contributed by atoms with Gasteiger partial charge in [-0.05, 0) is 12.5 Å². The van der Waals surface area contributed by atoms with Crippen LogP contribution in [-0.2, 0) is 34.5 Å². The van der Waals surface area contributed by atoms with Crippen molar-refractivity contribution in [2.45, 2.75) is 32.6 Å². The molecule has 1 N–H and O–H groups in total. The fourth-order valence-corrected chi connectivity index (χ4v) is 3.12. The number of hydrogen-bond donors (Lipinski definition) is 1. The number of carbonyl (C=O) groups is 1. The van der Waals surface area contributed by atoms with Gasteiger partial charge < -0.3 is 4.90 Å². The van der Waals surface area contributed by atoms with Crippen molar-refractivity contribution >= 4 is 15.9 Å². The maximum atomic E-state index is 12.5. The number of amides is 1. The maximum absolute atomic E-state index is 12.5. The third-order valence-electron chi connectivity index (χ3n) is 3.97. The first-order valence-corrected chi connectivity index (χ1v) is 9.44. The molecule has 1 unspecified atom stereocenters. The average molecular weight is 349 g/mol. The second kappa shape index (κ2) is 6.33. The molecule has 0 saturated carbocycles. The van der Waals surface area contributed by atoms with Crippen LogP contribution in [0.25, 0.3) is 0 Å². The van der Waals surface area contributed by atoms with Gasteiger partial charge in [-0.3, -0.25) is 4.79 Å². The Morgan fingerprint density at radius 2 is 2.00 bits per heavy atom. The van der Waals surface area contributed by atoms with Gasteiger partial charge in [-0.25, -0.2) is 17.8 Å². The van der Waals surface area contributed by atoms with Crippen LogP contribution in [-0.4, -0.2) is 40.5 Å². The highest BCUT2D eigenvalue weighted by Gasteiger charge is 2.33. The van der Waals surface area contributed by atoms with Crippen LogP contribution in [0.4, 0.5) is 0 Å². The summed E-state index contributed by atoms with van der Waals surface area (Å²) in [5.41, 5.74) is 2.34. The van der Waals surface area contributed by atoms with E-state index in [0.29, 0.717) is 18.8 Å². The highest BCUT2D eigenvalue weighted by molar-refractivity contribution is 7.88. The number of nitrogens with zero attached hydrogens (tertiary/aromatic N) is 4. The number of aromatic nitrogens is 3. The van der Waals surface area contributed by atoms with Gasteiger partial charge in [0.1, 0.15) is 11.7 Å². The SMILES string of the molecule is CC1C(=O)N(Cc2ccccc2)Cc2c(CNS(C)(=O)=O)nnn21. The zero-order valence-corrected chi connectivity index (χ0v) is 14.3. The first-order chi connectivity index (χ1) is 11.3. The lowest BCUT2D eigenvalue weighted by Crippen LogP contribution is -2.41. The molecule has 0 radical (unpaired) electrons. The summed E-state index contributed by atoms with van der Waals surface area (Å²) in [5.74, 6) is -0.0288. The van der Waals surface area contributed by atoms with Crippen LogP contribution >= 0.6 is 0 Å². The highest BCUT2D eigenvalue weighted by atomic mass is 32.2. The van der Waals surface area contributed by atoms with E-state index >= 15 is 0 Å². The molecule has 128 valence electrons. The van der Waals surface area contributed by atoms with Gasteiger partial charge in [-0.15, -0.1) is 5.10 Å². The molecule has 1 aromatic heterocycles. The van der Waals surface area contributed by atoms with Gasteiger partial charge in [0.15, 0.2) is 0 Å². The predicted octanol–water partition coefficient (Wildman–Crippen LogP) is 0.431. The monoisotopic (exact) mass is 349 g/mol. The summed E-state index contributed by atoms with van der Waals surface area (Å²) < 4.78 is 26.6. The molecule has 1 atom stereocenters. The molecular weight excluding hydrogens is 330 g/mol. The zero-order chi connectivity index (χ0) is 17.3. The Morgan fingerprint density at radius 1 is 1.29 bits per heavy atom. The van der Waals surface area contributed by atoms with Crippen molar-refractivity contribution in [1.29, 1.82) is 0 Å². The van der Waals surface area contributed by atoms with E-state index in [2.05, 4.69) is 15.0 Å². The van der Waals surface area contributed by atoms with E-state index in [4.69, 9.17) is 0 Å². The Balaban J connectivity index is 1.84. The van der Waals surface area contributed by atoms with Crippen LogP contribution in [0.2, 0.25) is 0 Å². The van der Waals surface area contributed by atoms with Crippen molar-refractivity contribution in [1.82, 2.24) is 24.6 Å². The summed E-state index contributed by atoms with van der Waals surface area (Å²) in [6, 6.07) is 9.26. The van der Waals surface area contributed by atoms with Crippen LogP contribution in [0.15, 0.2) is 30.3 Å². The second-order valence-corrected chi connectivity index (χ2v) is 7.71. The Bertz CT molecular complexity index is 847. The topological polar surface area (TPSA) is 97.2 Å². The Labute approximate surface area is 140 Å². The Kier molecular flexibility index (Phi) is 4.37. The van der Waals surface area contributed by atoms with E-state index < -0.39 is 16.1 Å². The standard InChI is InChI=1S/C15H19N5O3S/c1-11-15(21)19(9-12-6-4-3-5-7-12)10-14-13(17-18-20(11)14)8-16-24(2,22)23/h3-7,11,16H,8-10H2,1-2H3. The zero-order valence-electron chi connectivity index (χ0n) is 13.5. The molecule has 0 fully saturated rings. The van der Waals surface area contributed by atoms with E-state index in [1.165, 1.54) is 0 Å². The molecule has 8 nitrogen and oxygen atoms in total. The third-order valence-corrected chi connectivity index (χ3v) is 4.63. The highest BCUT2D eigenvalue weighted by Crippen LogP contribution is 2.24. The van der Waals surface area contributed by atoms with Gasteiger partial charge in [0.25, 0.3) is 0 Å². The van der Waals surface area contributed by atoms with Crippen LogP contribution in [0.3, 0.4) is 0 Å². The summed E-state index contributed by atoms with van der Waals surface area (Å²) in [4.78, 5) is 14.3. The van der Waals surface area contributed by atoms with Gasteiger partial charge >= 0.3 is 0 Å². The third kappa shape index (κ3) is 3.46. The fraction of sp³-hybridized carbons (Fsp3) is 0.400. The first-order valence-electron chi connectivity index (χ1n) is 7.55. The number of sulfonamides is 1. The number of rotatable bonds is 5. The van der Waals surface area contributed by atoms with Crippen molar-refractivity contribution in [2.75, 3.05) is 6.26 Å². The molecule has 2 aromatic rings. The molecule has 2 heterocycles. The summed E-state index contributed by atoms with van der Waals surface area (Å²) in [6.45, 7) is 2.68. The number of carbonyl (C=O) groups excluding carboxylic acids is 1. The molecule has 3 rings (SSSR count). The molecule has 9 heteroatoms. The van der Waals surface area contributed by atoms with Gasteiger partial charge in [0.05, 0.1) is 25.0 Å². The lowest BCUT2D eigenvalue weighted by molar-refractivity contribution is -0.138. The molecule has 0 spiro atoms. The minimum Gasteiger partial charge on any atom is -0.331 e. The van der Waals surface area contributed by atoms with Crippen molar-refractivity contribution in [3.8, 4) is 0 Å². The van der Waals surface area contributed by atoms with E-state index in [1.54, 1.807) is 16.5 Å². The van der Waals surface area contributed by atoms with Crippen LogP contribution in [0.5, 0.6) is 0 Å². The molecule has 0 aliphatic carbocycles. The van der Waals surface area contributed by atoms with E-state index in [1.807, 2.05) is 30.3 Å². The summed E-state index contributed by atoms with van der Waals surface area (Å²) in [5, 5.41) is 8.05. The molecule has 24 heavy (non-hydrogen) atoms. The number of benzene rings is 1. The van der Waals surface area contributed by atoms with Gasteiger partial charge in [-0.2, -0.15) is 0 Å². The van der Waals surface area contributed by atoms with E-state index in [-0.39, 0.29) is 12.5 Å². The molecule has 1 amide bonds. The van der Waals surface area contributed by atoms with E-state index in [9.17, 15) is 13.2 Å². The van der Waals surface area contributed by atoms with Crippen LogP contribution in [0, 0.1) is 0 Å². The Hall–Kier alpha value is -2.26. The lowest BCUT2D eigenvalue weighted by atomic mass is 10.1. The van der Waals surface area contributed by atoms with Gasteiger partial charge in [0.2, 0.25) is 15.9 Å². The van der Waals surface area contributed by atoms with Crippen molar-refractivity contribution < 1.29 is 13.2 Å². The Morgan fingerprint density at radius 3 is 2.67 bits per heavy atom. The van der Waals surface area contributed by atoms with Gasteiger partial charge in [0, 0.05) is 6.54 Å². The quantitative estimate of drug-likeness (QED) is 0.844. The molecule has 1 aliphatic heterocycles. The number of fused-ring (bicyclic) bond motifs is 1. The van der Waals surface area contributed by atoms with Crippen LogP contribution in [0.1, 0.15) is 29.9 Å². The van der Waals surface area contributed by atoms with Crippen molar-refractivity contribution in [3.05, 3.63) is 47.3 Å². The van der Waals surface area contributed by atoms with Crippen molar-refractivity contribution in [2.24, 2.45) is 0 Å². The second-order valence-electron chi connectivity index (χ2n) is 5.88. The lowest BCUT2D eigenvalue weighted by Gasteiger charge is -2.31. The molecule has 0 saturated heterocycles. The van der Waals surface area contributed by atoms with Crippen molar-refractivity contribution in [3.63, 3.8) is 0 Å². The molecular formula is C15H19N5O3S. The average Bonchev–Trinajstić information content (AvgIpc) is 2.94. The molecule has 1 aromatic carbocycles. The smallest absolute Gasteiger partial charge is 0.247 e. The number of nitrogens with one attached hydrogen (secondary N) is 1. The fourth-order valence-electron chi connectivity index (χ4n) is 2.72. The summed E-state index contributed by atoms with van der Waals surface area (Å²) in [6.07, 6.45) is 1.09. The summed E-state index contributed by atoms with van der Waals surface area (Å²) >= 11 is 0. The minimum absolute atomic E-state index is 0.0288. The van der Waals surface area contributed by atoms with E-state index in [0.717, 1.165) is 17.5 Å². The summed E-state index contributed by atoms with van der Waals surface area (Å²) in [7, 11) is -3.32. The normalized spacial score (nSPS) is 17.8. The minimum atomic E-state index is -3.32. The maximum Gasteiger partial charge on any atom is 0.247 e. The van der Waals surface area contributed by atoms with Gasteiger partial charge in [-0.1, -0.05) is 35.5 Å². The largest absolute Gasteiger partial charge is 0.331 e. The van der Waals surface area contributed by atoms with Crippen LogP contribution < -0.4 is 4.72 Å². The predicted molar refractivity (Wildman–Crippen MR) is 87.1 cm³/mol. The molecule has 1 aliphatic rings. The molecule has 0 bridgehead atoms.